The van der Waals surface area contributed by atoms with E-state index in [1.165, 1.54) is 6.42 Å². The third-order valence-corrected chi connectivity index (χ3v) is 3.96. The van der Waals surface area contributed by atoms with Crippen molar-refractivity contribution in [1.82, 2.24) is 10.1 Å². The van der Waals surface area contributed by atoms with Gasteiger partial charge in [-0.1, -0.05) is 24.9 Å². The van der Waals surface area contributed by atoms with E-state index in [-0.39, 0.29) is 0 Å². The summed E-state index contributed by atoms with van der Waals surface area (Å²) in [7, 11) is 0. The van der Waals surface area contributed by atoms with Crippen molar-refractivity contribution in [2.24, 2.45) is 11.7 Å². The molecular formula is C14H19N3O2. The molecule has 2 aromatic rings. The summed E-state index contributed by atoms with van der Waals surface area (Å²) in [6, 6.07) is 1.88. The van der Waals surface area contributed by atoms with E-state index in [0.717, 1.165) is 24.8 Å². The van der Waals surface area contributed by atoms with Gasteiger partial charge in [0.25, 0.3) is 5.89 Å². The second-order valence-corrected chi connectivity index (χ2v) is 5.71. The minimum absolute atomic E-state index is 0.417. The van der Waals surface area contributed by atoms with E-state index in [2.05, 4.69) is 17.1 Å². The van der Waals surface area contributed by atoms with E-state index >= 15 is 0 Å². The van der Waals surface area contributed by atoms with Gasteiger partial charge in [-0.05, 0) is 31.7 Å². The first kappa shape index (κ1) is 12.4. The summed E-state index contributed by atoms with van der Waals surface area (Å²) >= 11 is 0. The molecule has 0 aliphatic heterocycles. The molecule has 2 atom stereocenters. The Morgan fingerprint density at radius 3 is 3.00 bits per heavy atom. The Labute approximate surface area is 112 Å². The van der Waals surface area contributed by atoms with Crippen molar-refractivity contribution in [1.29, 1.82) is 0 Å². The first-order valence-electron chi connectivity index (χ1n) is 6.76. The summed E-state index contributed by atoms with van der Waals surface area (Å²) < 4.78 is 10.7. The zero-order valence-corrected chi connectivity index (χ0v) is 11.3. The highest BCUT2D eigenvalue weighted by atomic mass is 16.5. The topological polar surface area (TPSA) is 78.1 Å². The molecule has 3 rings (SSSR count). The van der Waals surface area contributed by atoms with Crippen LogP contribution >= 0.6 is 0 Å². The van der Waals surface area contributed by atoms with E-state index in [4.69, 9.17) is 14.7 Å². The Kier molecular flexibility index (Phi) is 2.93. The van der Waals surface area contributed by atoms with Gasteiger partial charge in [0.2, 0.25) is 0 Å². The van der Waals surface area contributed by atoms with Gasteiger partial charge in [-0.3, -0.25) is 0 Å². The van der Waals surface area contributed by atoms with Crippen molar-refractivity contribution >= 4 is 0 Å². The van der Waals surface area contributed by atoms with Gasteiger partial charge < -0.3 is 14.7 Å². The third kappa shape index (κ3) is 2.18. The number of hydrogen-bond donors (Lipinski definition) is 1. The molecule has 1 aliphatic rings. The van der Waals surface area contributed by atoms with Gasteiger partial charge in [-0.25, -0.2) is 0 Å². The summed E-state index contributed by atoms with van der Waals surface area (Å²) in [5.41, 5.74) is 6.99. The van der Waals surface area contributed by atoms with Gasteiger partial charge in [0.05, 0.1) is 11.8 Å². The largest absolute Gasteiger partial charge is 0.459 e. The van der Waals surface area contributed by atoms with E-state index < -0.39 is 5.54 Å². The summed E-state index contributed by atoms with van der Waals surface area (Å²) in [4.78, 5) is 4.45. The fraction of sp³-hybridized carbons (Fsp3) is 0.571. The van der Waals surface area contributed by atoms with Gasteiger partial charge in [0.15, 0.2) is 11.6 Å². The maximum absolute atomic E-state index is 6.46. The molecule has 19 heavy (non-hydrogen) atoms. The smallest absolute Gasteiger partial charge is 0.293 e. The molecule has 0 aromatic carbocycles. The van der Waals surface area contributed by atoms with Crippen LogP contribution in [0.4, 0.5) is 0 Å². The molecule has 0 radical (unpaired) electrons. The van der Waals surface area contributed by atoms with Crippen molar-refractivity contribution in [3.8, 4) is 11.7 Å². The van der Waals surface area contributed by atoms with Crippen molar-refractivity contribution in [3.05, 3.63) is 23.7 Å². The van der Waals surface area contributed by atoms with Gasteiger partial charge in [0, 0.05) is 5.56 Å². The Morgan fingerprint density at radius 2 is 2.32 bits per heavy atom. The van der Waals surface area contributed by atoms with E-state index in [9.17, 15) is 0 Å². The van der Waals surface area contributed by atoms with Crippen LogP contribution in [-0.2, 0) is 5.54 Å². The number of aromatic nitrogens is 2. The molecular weight excluding hydrogens is 242 g/mol. The lowest BCUT2D eigenvalue weighted by Crippen LogP contribution is -2.42. The predicted molar refractivity (Wildman–Crippen MR) is 70.2 cm³/mol. The Bertz CT molecular complexity index is 575. The van der Waals surface area contributed by atoms with E-state index in [1.807, 2.05) is 13.0 Å². The lowest BCUT2D eigenvalue weighted by atomic mass is 9.76. The predicted octanol–water partition coefficient (Wildman–Crippen LogP) is 3.00. The fourth-order valence-electron chi connectivity index (χ4n) is 2.90. The molecule has 2 aromatic heterocycles. The van der Waals surface area contributed by atoms with Crippen molar-refractivity contribution in [2.45, 2.75) is 45.1 Å². The van der Waals surface area contributed by atoms with Crippen molar-refractivity contribution in [2.75, 3.05) is 0 Å². The molecule has 102 valence electrons. The third-order valence-electron chi connectivity index (χ3n) is 3.96. The molecule has 2 unspecified atom stereocenters. The number of furan rings is 1. The number of rotatable bonds is 2. The first-order valence-corrected chi connectivity index (χ1v) is 6.76. The van der Waals surface area contributed by atoms with Crippen LogP contribution in [0, 0.1) is 12.8 Å². The van der Waals surface area contributed by atoms with Crippen LogP contribution in [0.2, 0.25) is 0 Å². The Balaban J connectivity index is 1.91. The molecule has 2 heterocycles. The Hall–Kier alpha value is -1.62. The van der Waals surface area contributed by atoms with Crippen LogP contribution in [0.25, 0.3) is 11.7 Å². The average molecular weight is 261 g/mol. The maximum atomic E-state index is 6.46. The Morgan fingerprint density at radius 1 is 1.47 bits per heavy atom. The van der Waals surface area contributed by atoms with Gasteiger partial charge in [-0.2, -0.15) is 4.98 Å². The lowest BCUT2D eigenvalue weighted by Gasteiger charge is -2.33. The highest BCUT2D eigenvalue weighted by Gasteiger charge is 2.37. The molecule has 5 nitrogen and oxygen atoms in total. The molecule has 5 heteroatoms. The maximum Gasteiger partial charge on any atom is 0.293 e. The number of aryl methyl sites for hydroxylation is 1. The van der Waals surface area contributed by atoms with E-state index in [1.54, 1.807) is 6.26 Å². The summed E-state index contributed by atoms with van der Waals surface area (Å²) in [5.74, 6) is 2.25. The van der Waals surface area contributed by atoms with Crippen LogP contribution in [0.15, 0.2) is 21.3 Å². The van der Waals surface area contributed by atoms with Gasteiger partial charge in [-0.15, -0.1) is 0 Å². The lowest BCUT2D eigenvalue weighted by molar-refractivity contribution is 0.222. The summed E-state index contributed by atoms with van der Waals surface area (Å²) in [5, 5.41) is 4.07. The number of nitrogens with two attached hydrogens (primary N) is 1. The zero-order chi connectivity index (χ0) is 13.5. The van der Waals surface area contributed by atoms with Crippen LogP contribution < -0.4 is 5.73 Å². The van der Waals surface area contributed by atoms with Crippen LogP contribution in [0.1, 0.15) is 44.0 Å². The van der Waals surface area contributed by atoms with Gasteiger partial charge >= 0.3 is 0 Å². The highest BCUT2D eigenvalue weighted by Crippen LogP contribution is 2.37. The highest BCUT2D eigenvalue weighted by molar-refractivity contribution is 5.49. The zero-order valence-electron chi connectivity index (χ0n) is 11.3. The first-order chi connectivity index (χ1) is 9.08. The molecule has 2 N–H and O–H groups in total. The monoisotopic (exact) mass is 261 g/mol. The van der Waals surface area contributed by atoms with Crippen LogP contribution in [0.3, 0.4) is 0 Å². The van der Waals surface area contributed by atoms with E-state index in [0.29, 0.717) is 23.4 Å². The SMILES string of the molecule is Cc1ccoc1-c1nc(C2(N)CCCC(C)C2)no1. The molecule has 0 saturated heterocycles. The normalized spacial score (nSPS) is 27.6. The number of hydrogen-bond acceptors (Lipinski definition) is 5. The fourth-order valence-corrected chi connectivity index (χ4v) is 2.90. The quantitative estimate of drug-likeness (QED) is 0.899. The molecule has 0 spiro atoms. The van der Waals surface area contributed by atoms with Crippen molar-refractivity contribution in [3.63, 3.8) is 0 Å². The van der Waals surface area contributed by atoms with Crippen LogP contribution in [-0.4, -0.2) is 10.1 Å². The summed E-state index contributed by atoms with van der Waals surface area (Å²) in [6.07, 6.45) is 5.77. The molecule has 1 saturated carbocycles. The molecule has 1 aliphatic carbocycles. The minimum Gasteiger partial charge on any atom is -0.459 e. The molecule has 0 amide bonds. The molecule has 1 fully saturated rings. The van der Waals surface area contributed by atoms with Crippen molar-refractivity contribution < 1.29 is 8.94 Å². The second-order valence-electron chi connectivity index (χ2n) is 5.71. The van der Waals surface area contributed by atoms with Crippen LogP contribution in [0.5, 0.6) is 0 Å². The average Bonchev–Trinajstić information content (AvgIpc) is 2.96. The molecule has 0 bridgehead atoms. The number of nitrogens with zero attached hydrogens (tertiary/aromatic N) is 2. The summed E-state index contributed by atoms with van der Waals surface area (Å²) in [6.45, 7) is 4.17. The standard InChI is InChI=1S/C14H19N3O2/c1-9-4-3-6-14(15,8-9)13-16-12(19-17-13)11-10(2)5-7-18-11/h5,7,9H,3-4,6,8,15H2,1-2H3. The minimum atomic E-state index is -0.458. The van der Waals surface area contributed by atoms with Gasteiger partial charge in [0.1, 0.15) is 0 Å². The second kappa shape index (κ2) is 4.49.